The van der Waals surface area contributed by atoms with Crippen molar-refractivity contribution in [2.75, 3.05) is 6.61 Å². The summed E-state index contributed by atoms with van der Waals surface area (Å²) in [7, 11) is 0. The topological polar surface area (TPSA) is 9.23 Å². The van der Waals surface area contributed by atoms with E-state index in [-0.39, 0.29) is 4.49 Å². The van der Waals surface area contributed by atoms with E-state index in [1.807, 2.05) is 12.1 Å². The molecule has 0 aromatic heterocycles. The number of benzene rings is 1. The van der Waals surface area contributed by atoms with Gasteiger partial charge in [0.1, 0.15) is 16.8 Å². The molecule has 1 nitrogen and oxygen atoms in total. The maximum atomic E-state index is 5.74. The second kappa shape index (κ2) is 5.38. The van der Waals surface area contributed by atoms with Crippen LogP contribution in [0.5, 0.6) is 5.75 Å². The molecule has 0 radical (unpaired) electrons. The molecule has 0 heterocycles. The summed E-state index contributed by atoms with van der Waals surface area (Å²) in [6.45, 7) is 0.336. The van der Waals surface area contributed by atoms with Crippen LogP contribution >= 0.6 is 34.8 Å². The van der Waals surface area contributed by atoms with E-state index >= 15 is 0 Å². The Morgan fingerprint density at radius 3 is 2.77 bits per heavy atom. The monoisotopic (exact) mass is 236 g/mol. The fourth-order valence-electron chi connectivity index (χ4n) is 0.758. The van der Waals surface area contributed by atoms with Gasteiger partial charge in [-0.25, -0.2) is 0 Å². The van der Waals surface area contributed by atoms with Crippen LogP contribution in [0.2, 0.25) is 5.02 Å². The van der Waals surface area contributed by atoms with Crippen molar-refractivity contribution in [1.29, 1.82) is 0 Å². The average Bonchev–Trinajstić information content (AvgIpc) is 2.03. The second-order valence-electron chi connectivity index (χ2n) is 2.26. The third kappa shape index (κ3) is 4.41. The summed E-state index contributed by atoms with van der Waals surface area (Å²) in [5.41, 5.74) is 0. The molecule has 0 spiro atoms. The van der Waals surface area contributed by atoms with E-state index in [2.05, 4.69) is 0 Å². The van der Waals surface area contributed by atoms with Gasteiger partial charge in [0, 0.05) is 5.02 Å². The lowest BCUT2D eigenvalue weighted by Crippen LogP contribution is -1.92. The van der Waals surface area contributed by atoms with Crippen LogP contribution in [-0.2, 0) is 0 Å². The molecule has 4 heteroatoms. The average molecular weight is 238 g/mol. The molecule has 0 saturated carbocycles. The van der Waals surface area contributed by atoms with Gasteiger partial charge in [-0.2, -0.15) is 0 Å². The van der Waals surface area contributed by atoms with Crippen molar-refractivity contribution in [3.63, 3.8) is 0 Å². The minimum absolute atomic E-state index is 0.196. The molecule has 1 aromatic carbocycles. The van der Waals surface area contributed by atoms with Crippen LogP contribution in [0, 0.1) is 0 Å². The summed E-state index contributed by atoms with van der Waals surface area (Å²) in [4.78, 5) is 0. The molecule has 1 aromatic rings. The van der Waals surface area contributed by atoms with Gasteiger partial charge in [0.15, 0.2) is 0 Å². The number of halogens is 3. The van der Waals surface area contributed by atoms with Gasteiger partial charge in [0.25, 0.3) is 0 Å². The highest BCUT2D eigenvalue weighted by molar-refractivity contribution is 6.55. The molecule has 0 aliphatic carbocycles. The molecule has 70 valence electrons. The summed E-state index contributed by atoms with van der Waals surface area (Å²) >= 11 is 16.5. The Labute approximate surface area is 91.9 Å². The molecule has 13 heavy (non-hydrogen) atoms. The highest BCUT2D eigenvalue weighted by Gasteiger charge is 1.92. The summed E-state index contributed by atoms with van der Waals surface area (Å²) in [5, 5.41) is 0.637. The maximum absolute atomic E-state index is 5.74. The highest BCUT2D eigenvalue weighted by Crippen LogP contribution is 2.17. The van der Waals surface area contributed by atoms with Gasteiger partial charge in [-0.1, -0.05) is 40.9 Å². The lowest BCUT2D eigenvalue weighted by molar-refractivity contribution is 0.363. The first-order valence-electron chi connectivity index (χ1n) is 3.58. The first kappa shape index (κ1) is 10.7. The zero-order valence-corrected chi connectivity index (χ0v) is 8.90. The van der Waals surface area contributed by atoms with E-state index in [9.17, 15) is 0 Å². The molecule has 0 saturated heterocycles. The zero-order chi connectivity index (χ0) is 9.68. The second-order valence-corrected chi connectivity index (χ2v) is 3.71. The Kier molecular flexibility index (Phi) is 4.43. The van der Waals surface area contributed by atoms with Crippen molar-refractivity contribution in [2.45, 2.75) is 0 Å². The number of hydrogen-bond acceptors (Lipinski definition) is 1. The van der Waals surface area contributed by atoms with Crippen LogP contribution < -0.4 is 4.74 Å². The predicted octanol–water partition coefficient (Wildman–Crippen LogP) is 4.04. The van der Waals surface area contributed by atoms with Crippen molar-refractivity contribution in [3.8, 4) is 5.75 Å². The summed E-state index contributed by atoms with van der Waals surface area (Å²) in [6, 6.07) is 7.11. The van der Waals surface area contributed by atoms with Crippen molar-refractivity contribution in [3.05, 3.63) is 39.9 Å². The third-order valence-electron chi connectivity index (χ3n) is 1.28. The minimum Gasteiger partial charge on any atom is -0.489 e. The molecule has 0 atom stereocenters. The van der Waals surface area contributed by atoms with Gasteiger partial charge in [-0.15, -0.1) is 0 Å². The maximum Gasteiger partial charge on any atom is 0.121 e. The van der Waals surface area contributed by atoms with Crippen molar-refractivity contribution in [2.24, 2.45) is 0 Å². The smallest absolute Gasteiger partial charge is 0.121 e. The van der Waals surface area contributed by atoms with Crippen LogP contribution in [0.1, 0.15) is 0 Å². The highest BCUT2D eigenvalue weighted by atomic mass is 35.5. The van der Waals surface area contributed by atoms with E-state index in [4.69, 9.17) is 39.5 Å². The SMILES string of the molecule is ClC(Cl)=CCOc1cccc(Cl)c1. The molecular formula is C9H7Cl3O. The summed E-state index contributed by atoms with van der Waals surface area (Å²) < 4.78 is 5.46. The van der Waals surface area contributed by atoms with Gasteiger partial charge >= 0.3 is 0 Å². The number of ether oxygens (including phenoxy) is 1. The molecule has 1 rings (SSSR count). The van der Waals surface area contributed by atoms with E-state index < -0.39 is 0 Å². The fraction of sp³-hybridized carbons (Fsp3) is 0.111. The van der Waals surface area contributed by atoms with Crippen molar-refractivity contribution in [1.82, 2.24) is 0 Å². The van der Waals surface area contributed by atoms with Gasteiger partial charge in [0.05, 0.1) is 0 Å². The third-order valence-corrected chi connectivity index (χ3v) is 1.83. The quantitative estimate of drug-likeness (QED) is 0.771. The van der Waals surface area contributed by atoms with Crippen LogP contribution in [0.3, 0.4) is 0 Å². The largest absolute Gasteiger partial charge is 0.489 e. The van der Waals surface area contributed by atoms with Gasteiger partial charge in [0.2, 0.25) is 0 Å². The molecule has 0 aliphatic rings. The lowest BCUT2D eigenvalue weighted by atomic mass is 10.3. The van der Waals surface area contributed by atoms with E-state index in [0.29, 0.717) is 17.4 Å². The number of hydrogen-bond donors (Lipinski definition) is 0. The van der Waals surface area contributed by atoms with Crippen molar-refractivity contribution < 1.29 is 4.74 Å². The van der Waals surface area contributed by atoms with Crippen LogP contribution in [-0.4, -0.2) is 6.61 Å². The molecule has 0 unspecified atom stereocenters. The van der Waals surface area contributed by atoms with Gasteiger partial charge < -0.3 is 4.74 Å². The van der Waals surface area contributed by atoms with Crippen LogP contribution in [0.4, 0.5) is 0 Å². The van der Waals surface area contributed by atoms with Crippen molar-refractivity contribution >= 4 is 34.8 Å². The number of rotatable bonds is 3. The Hall–Kier alpha value is -0.370. The predicted molar refractivity (Wildman–Crippen MR) is 56.7 cm³/mol. The van der Waals surface area contributed by atoms with E-state index in [1.54, 1.807) is 18.2 Å². The van der Waals surface area contributed by atoms with E-state index in [1.165, 1.54) is 0 Å². The first-order valence-corrected chi connectivity index (χ1v) is 4.71. The normalized spacial score (nSPS) is 9.46. The fourth-order valence-corrected chi connectivity index (χ4v) is 1.06. The van der Waals surface area contributed by atoms with Gasteiger partial charge in [-0.05, 0) is 24.3 Å². The molecule has 0 N–H and O–H groups in total. The van der Waals surface area contributed by atoms with Crippen LogP contribution in [0.25, 0.3) is 0 Å². The van der Waals surface area contributed by atoms with Gasteiger partial charge in [-0.3, -0.25) is 0 Å². The minimum atomic E-state index is 0.196. The van der Waals surface area contributed by atoms with E-state index in [0.717, 1.165) is 0 Å². The molecule has 0 fully saturated rings. The standard InChI is InChI=1S/C9H7Cl3O/c10-7-2-1-3-8(6-7)13-5-4-9(11)12/h1-4,6H,5H2. The summed E-state index contributed by atoms with van der Waals surface area (Å²) in [6.07, 6.45) is 1.56. The molecule has 0 amide bonds. The Balaban J connectivity index is 2.50. The Morgan fingerprint density at radius 1 is 1.38 bits per heavy atom. The lowest BCUT2D eigenvalue weighted by Gasteiger charge is -2.02. The molecular weight excluding hydrogens is 230 g/mol. The van der Waals surface area contributed by atoms with Crippen LogP contribution in [0.15, 0.2) is 34.8 Å². The molecule has 0 bridgehead atoms. The zero-order valence-electron chi connectivity index (χ0n) is 6.64. The first-order chi connectivity index (χ1) is 6.18. The summed E-state index contributed by atoms with van der Waals surface area (Å²) in [5.74, 6) is 0.693. The Morgan fingerprint density at radius 2 is 2.15 bits per heavy atom. The Bertz CT molecular complexity index is 305. The molecule has 0 aliphatic heterocycles.